The van der Waals surface area contributed by atoms with Crippen molar-refractivity contribution in [1.82, 2.24) is 5.32 Å². The lowest BCUT2D eigenvalue weighted by Gasteiger charge is -2.15. The summed E-state index contributed by atoms with van der Waals surface area (Å²) in [6.07, 6.45) is 1.87. The minimum atomic E-state index is -0.0587. The predicted molar refractivity (Wildman–Crippen MR) is 96.5 cm³/mol. The molecule has 2 nitrogen and oxygen atoms in total. The Morgan fingerprint density at radius 3 is 1.96 bits per heavy atom. The number of hydrogen-bond donors (Lipinski definition) is 1. The van der Waals surface area contributed by atoms with Crippen molar-refractivity contribution in [2.24, 2.45) is 4.99 Å². The van der Waals surface area contributed by atoms with E-state index in [4.69, 9.17) is 4.99 Å². The smallest absolute Gasteiger partial charge is 0.125 e. The van der Waals surface area contributed by atoms with Crippen LogP contribution in [0.5, 0.6) is 0 Å². The molecule has 0 saturated carbocycles. The highest BCUT2D eigenvalue weighted by Gasteiger charge is 2.07. The van der Waals surface area contributed by atoms with Gasteiger partial charge in [0.15, 0.2) is 0 Å². The van der Waals surface area contributed by atoms with Gasteiger partial charge in [0.1, 0.15) is 6.17 Å². The maximum Gasteiger partial charge on any atom is 0.125 e. The van der Waals surface area contributed by atoms with E-state index in [1.165, 1.54) is 5.56 Å². The summed E-state index contributed by atoms with van der Waals surface area (Å²) in [7, 11) is 0. The van der Waals surface area contributed by atoms with Gasteiger partial charge in [0.2, 0.25) is 0 Å². The molecule has 0 aliphatic carbocycles. The Hall–Kier alpha value is -2.71. The van der Waals surface area contributed by atoms with Gasteiger partial charge in [-0.25, -0.2) is 0 Å². The molecule has 0 unspecified atom stereocenters. The Morgan fingerprint density at radius 2 is 1.30 bits per heavy atom. The molecule has 0 aromatic heterocycles. The molecule has 0 aliphatic rings. The molecule has 0 amide bonds. The first-order valence-corrected chi connectivity index (χ1v) is 7.82. The molecule has 23 heavy (non-hydrogen) atoms. The molecular formula is C21H20N2. The third-order valence-electron chi connectivity index (χ3n) is 3.63. The Morgan fingerprint density at radius 1 is 0.739 bits per heavy atom. The van der Waals surface area contributed by atoms with Crippen LogP contribution < -0.4 is 5.32 Å². The molecule has 3 aromatic carbocycles. The Labute approximate surface area is 137 Å². The highest BCUT2D eigenvalue weighted by atomic mass is 15.1. The minimum absolute atomic E-state index is 0.0587. The Bertz CT molecular complexity index is 722. The summed E-state index contributed by atoms with van der Waals surface area (Å²) in [6, 6.07) is 30.9. The molecule has 1 N–H and O–H groups in total. The first-order chi connectivity index (χ1) is 11.4. The fourth-order valence-electron chi connectivity index (χ4n) is 2.40. The van der Waals surface area contributed by atoms with Gasteiger partial charge in [0.05, 0.1) is 0 Å². The number of nitrogens with one attached hydrogen (secondary N) is 1. The molecule has 0 fully saturated rings. The summed E-state index contributed by atoms with van der Waals surface area (Å²) in [5.41, 5.74) is 3.52. The van der Waals surface area contributed by atoms with E-state index in [0.29, 0.717) is 0 Å². The van der Waals surface area contributed by atoms with Crippen molar-refractivity contribution >= 4 is 6.21 Å². The van der Waals surface area contributed by atoms with Crippen molar-refractivity contribution in [2.45, 2.75) is 12.7 Å². The first kappa shape index (κ1) is 15.2. The lowest BCUT2D eigenvalue weighted by Crippen LogP contribution is -2.19. The van der Waals surface area contributed by atoms with E-state index in [-0.39, 0.29) is 6.17 Å². The topological polar surface area (TPSA) is 24.4 Å². The number of nitrogens with zero attached hydrogens (tertiary/aromatic N) is 1. The molecule has 3 aromatic rings. The highest BCUT2D eigenvalue weighted by Crippen LogP contribution is 2.15. The second kappa shape index (κ2) is 8.06. The fourth-order valence-corrected chi connectivity index (χ4v) is 2.40. The van der Waals surface area contributed by atoms with Gasteiger partial charge in [-0.15, -0.1) is 0 Å². The van der Waals surface area contributed by atoms with Crippen LogP contribution in [0.25, 0.3) is 0 Å². The van der Waals surface area contributed by atoms with Gasteiger partial charge in [0, 0.05) is 12.8 Å². The molecule has 0 spiro atoms. The molecule has 1 atom stereocenters. The van der Waals surface area contributed by atoms with Crippen LogP contribution in [0.2, 0.25) is 0 Å². The maximum atomic E-state index is 4.74. The second-order valence-corrected chi connectivity index (χ2v) is 5.37. The van der Waals surface area contributed by atoms with Crippen LogP contribution in [0.3, 0.4) is 0 Å². The van der Waals surface area contributed by atoms with Crippen molar-refractivity contribution in [3.63, 3.8) is 0 Å². The molecule has 0 bridgehead atoms. The van der Waals surface area contributed by atoms with Gasteiger partial charge >= 0.3 is 0 Å². The first-order valence-electron chi connectivity index (χ1n) is 7.82. The third-order valence-corrected chi connectivity index (χ3v) is 3.63. The van der Waals surface area contributed by atoms with Crippen LogP contribution in [-0.2, 0) is 6.54 Å². The summed E-state index contributed by atoms with van der Waals surface area (Å²) in [5, 5.41) is 3.52. The molecule has 0 radical (unpaired) electrons. The van der Waals surface area contributed by atoms with Crippen LogP contribution in [0.4, 0.5) is 0 Å². The van der Waals surface area contributed by atoms with E-state index in [0.717, 1.165) is 17.7 Å². The summed E-state index contributed by atoms with van der Waals surface area (Å²) in [6.45, 7) is 0.784. The van der Waals surface area contributed by atoms with Crippen LogP contribution in [0.15, 0.2) is 96.0 Å². The molecule has 3 rings (SSSR count). The van der Waals surface area contributed by atoms with Crippen molar-refractivity contribution < 1.29 is 0 Å². The SMILES string of the molecule is C(=N\[C@@H](NCc1ccccc1)c1ccccc1)/c1ccccc1. The number of hydrogen-bond acceptors (Lipinski definition) is 2. The maximum absolute atomic E-state index is 4.74. The van der Waals surface area contributed by atoms with Crippen molar-refractivity contribution in [3.05, 3.63) is 108 Å². The van der Waals surface area contributed by atoms with Crippen molar-refractivity contribution in [2.75, 3.05) is 0 Å². The standard InChI is InChI=1S/C21H20N2/c1-4-10-18(11-5-1)16-22-21(20-14-8-3-9-15-20)23-17-19-12-6-2-7-13-19/h1-16,21,23H,17H2/b22-16+/t21-/m0/s1. The number of benzene rings is 3. The number of aliphatic imine (C=N–C) groups is 1. The van der Waals surface area contributed by atoms with Gasteiger partial charge in [-0.05, 0) is 16.7 Å². The zero-order chi connectivity index (χ0) is 15.7. The van der Waals surface area contributed by atoms with Crippen LogP contribution in [-0.4, -0.2) is 6.21 Å². The van der Waals surface area contributed by atoms with E-state index in [1.807, 2.05) is 48.7 Å². The van der Waals surface area contributed by atoms with E-state index >= 15 is 0 Å². The minimum Gasteiger partial charge on any atom is -0.288 e. The second-order valence-electron chi connectivity index (χ2n) is 5.37. The molecule has 0 saturated heterocycles. The summed E-state index contributed by atoms with van der Waals surface area (Å²) in [5.74, 6) is 0. The Balaban J connectivity index is 1.75. The predicted octanol–water partition coefficient (Wildman–Crippen LogP) is 4.59. The molecule has 2 heteroatoms. The summed E-state index contributed by atoms with van der Waals surface area (Å²) < 4.78 is 0. The van der Waals surface area contributed by atoms with E-state index in [9.17, 15) is 0 Å². The average Bonchev–Trinajstić information content (AvgIpc) is 2.64. The zero-order valence-corrected chi connectivity index (χ0v) is 13.0. The molecular weight excluding hydrogens is 280 g/mol. The van der Waals surface area contributed by atoms with Gasteiger partial charge in [-0.3, -0.25) is 10.3 Å². The molecule has 0 heterocycles. The van der Waals surface area contributed by atoms with Crippen LogP contribution in [0, 0.1) is 0 Å². The highest BCUT2D eigenvalue weighted by molar-refractivity contribution is 5.79. The van der Waals surface area contributed by atoms with Crippen molar-refractivity contribution in [1.29, 1.82) is 0 Å². The van der Waals surface area contributed by atoms with Crippen molar-refractivity contribution in [3.8, 4) is 0 Å². The van der Waals surface area contributed by atoms with E-state index in [2.05, 4.69) is 53.8 Å². The summed E-state index contributed by atoms with van der Waals surface area (Å²) >= 11 is 0. The van der Waals surface area contributed by atoms with Gasteiger partial charge in [-0.1, -0.05) is 91.0 Å². The molecule has 114 valence electrons. The van der Waals surface area contributed by atoms with Gasteiger partial charge in [-0.2, -0.15) is 0 Å². The van der Waals surface area contributed by atoms with E-state index in [1.54, 1.807) is 0 Å². The summed E-state index contributed by atoms with van der Waals surface area (Å²) in [4.78, 5) is 4.74. The number of rotatable bonds is 6. The fraction of sp³-hybridized carbons (Fsp3) is 0.0952. The van der Waals surface area contributed by atoms with Gasteiger partial charge < -0.3 is 0 Å². The normalized spacial score (nSPS) is 12.3. The Kier molecular flexibility index (Phi) is 5.33. The van der Waals surface area contributed by atoms with Crippen LogP contribution in [0.1, 0.15) is 22.9 Å². The average molecular weight is 300 g/mol. The quantitative estimate of drug-likeness (QED) is 0.661. The molecule has 0 aliphatic heterocycles. The third kappa shape index (κ3) is 4.63. The largest absolute Gasteiger partial charge is 0.288 e. The lowest BCUT2D eigenvalue weighted by atomic mass is 10.1. The van der Waals surface area contributed by atoms with E-state index < -0.39 is 0 Å². The lowest BCUT2D eigenvalue weighted by molar-refractivity contribution is 0.556. The van der Waals surface area contributed by atoms with Crippen LogP contribution >= 0.6 is 0 Å². The zero-order valence-electron chi connectivity index (χ0n) is 13.0. The monoisotopic (exact) mass is 300 g/mol. The van der Waals surface area contributed by atoms with Gasteiger partial charge in [0.25, 0.3) is 0 Å².